The fourth-order valence-corrected chi connectivity index (χ4v) is 2.59. The number of rotatable bonds is 3. The third-order valence-corrected chi connectivity index (χ3v) is 3.73. The second-order valence-corrected chi connectivity index (χ2v) is 5.58. The zero-order chi connectivity index (χ0) is 12.4. The average molecular weight is 268 g/mol. The van der Waals surface area contributed by atoms with Gasteiger partial charge in [-0.3, -0.25) is 0 Å². The van der Waals surface area contributed by atoms with Crippen LogP contribution in [0.15, 0.2) is 23.6 Å². The third-order valence-electron chi connectivity index (χ3n) is 2.67. The van der Waals surface area contributed by atoms with Crippen LogP contribution in [0.5, 0.6) is 0 Å². The molecule has 2 nitrogen and oxygen atoms in total. The lowest BCUT2D eigenvalue weighted by Gasteiger charge is -2.12. The van der Waals surface area contributed by atoms with Gasteiger partial charge in [-0.05, 0) is 37.1 Å². The largest absolute Gasteiger partial charge is 0.388 e. The quantitative estimate of drug-likeness (QED) is 0.920. The predicted molar refractivity (Wildman–Crippen MR) is 71.7 cm³/mol. The first-order valence-electron chi connectivity index (χ1n) is 5.41. The molecule has 1 N–H and O–H groups in total. The van der Waals surface area contributed by atoms with Crippen molar-refractivity contribution in [3.63, 3.8) is 0 Å². The van der Waals surface area contributed by atoms with Gasteiger partial charge in [-0.2, -0.15) is 0 Å². The number of aromatic nitrogens is 1. The van der Waals surface area contributed by atoms with E-state index in [0.717, 1.165) is 21.8 Å². The average Bonchev–Trinajstić information content (AvgIpc) is 2.67. The van der Waals surface area contributed by atoms with E-state index in [1.165, 1.54) is 0 Å². The number of nitrogens with zero attached hydrogens (tertiary/aromatic N) is 1. The molecule has 0 aliphatic carbocycles. The first-order valence-corrected chi connectivity index (χ1v) is 6.67. The van der Waals surface area contributed by atoms with Crippen molar-refractivity contribution in [3.8, 4) is 0 Å². The van der Waals surface area contributed by atoms with Crippen LogP contribution in [0, 0.1) is 13.8 Å². The van der Waals surface area contributed by atoms with Gasteiger partial charge < -0.3 is 5.11 Å². The van der Waals surface area contributed by atoms with Crippen LogP contribution in [0.25, 0.3) is 0 Å². The number of hydrogen-bond acceptors (Lipinski definition) is 3. The van der Waals surface area contributed by atoms with Crippen LogP contribution in [0.3, 0.4) is 0 Å². The molecule has 0 spiro atoms. The molecule has 90 valence electrons. The van der Waals surface area contributed by atoms with Crippen molar-refractivity contribution in [1.29, 1.82) is 0 Å². The lowest BCUT2D eigenvalue weighted by Crippen LogP contribution is -2.04. The molecule has 2 rings (SSSR count). The van der Waals surface area contributed by atoms with Crippen LogP contribution in [-0.4, -0.2) is 10.1 Å². The summed E-state index contributed by atoms with van der Waals surface area (Å²) in [5.41, 5.74) is 2.86. The monoisotopic (exact) mass is 267 g/mol. The molecule has 0 saturated heterocycles. The molecular formula is C13H14ClNOS. The van der Waals surface area contributed by atoms with Gasteiger partial charge in [0.2, 0.25) is 0 Å². The summed E-state index contributed by atoms with van der Waals surface area (Å²) in [6.45, 7) is 3.94. The molecule has 0 aliphatic heterocycles. The van der Waals surface area contributed by atoms with Gasteiger partial charge in [-0.1, -0.05) is 17.7 Å². The zero-order valence-corrected chi connectivity index (χ0v) is 11.3. The Morgan fingerprint density at radius 1 is 1.41 bits per heavy atom. The van der Waals surface area contributed by atoms with E-state index in [9.17, 15) is 5.11 Å². The Morgan fingerprint density at radius 2 is 2.18 bits per heavy atom. The summed E-state index contributed by atoms with van der Waals surface area (Å²) in [6.07, 6.45) is -0.0129. The van der Waals surface area contributed by atoms with Crippen LogP contribution in [0.2, 0.25) is 5.02 Å². The Labute approximate surface area is 110 Å². The molecule has 0 fully saturated rings. The minimum Gasteiger partial charge on any atom is -0.388 e. The summed E-state index contributed by atoms with van der Waals surface area (Å²) < 4.78 is 0. The van der Waals surface area contributed by atoms with Crippen LogP contribution in [0.4, 0.5) is 0 Å². The Morgan fingerprint density at radius 3 is 2.82 bits per heavy atom. The lowest BCUT2D eigenvalue weighted by molar-refractivity contribution is 0.176. The molecule has 1 heterocycles. The number of aryl methyl sites for hydroxylation is 2. The Hall–Kier alpha value is -0.900. The highest BCUT2D eigenvalue weighted by atomic mass is 35.5. The van der Waals surface area contributed by atoms with E-state index in [4.69, 9.17) is 11.6 Å². The van der Waals surface area contributed by atoms with Gasteiger partial charge in [0.1, 0.15) is 0 Å². The summed E-state index contributed by atoms with van der Waals surface area (Å²) in [7, 11) is 0. The van der Waals surface area contributed by atoms with Gasteiger partial charge in [0, 0.05) is 16.8 Å². The van der Waals surface area contributed by atoms with Crippen molar-refractivity contribution in [1.82, 2.24) is 4.98 Å². The van der Waals surface area contributed by atoms with Gasteiger partial charge in [0.25, 0.3) is 0 Å². The maximum Gasteiger partial charge on any atom is 0.0897 e. The van der Waals surface area contributed by atoms with Crippen LogP contribution < -0.4 is 0 Å². The van der Waals surface area contributed by atoms with Crippen molar-refractivity contribution < 1.29 is 5.11 Å². The highest BCUT2D eigenvalue weighted by Crippen LogP contribution is 2.25. The first-order chi connectivity index (χ1) is 8.06. The zero-order valence-electron chi connectivity index (χ0n) is 9.77. The summed E-state index contributed by atoms with van der Waals surface area (Å²) >= 11 is 7.54. The van der Waals surface area contributed by atoms with Gasteiger partial charge >= 0.3 is 0 Å². The second kappa shape index (κ2) is 5.17. The lowest BCUT2D eigenvalue weighted by atomic mass is 10.0. The van der Waals surface area contributed by atoms with Gasteiger partial charge in [-0.15, -0.1) is 11.3 Å². The van der Waals surface area contributed by atoms with E-state index >= 15 is 0 Å². The fraction of sp³-hybridized carbons (Fsp3) is 0.308. The first kappa shape index (κ1) is 12.6. The Kier molecular flexibility index (Phi) is 3.82. The molecule has 0 bridgehead atoms. The SMILES string of the molecule is Cc1nc(CC(O)c2cc(Cl)ccc2C)cs1. The summed E-state index contributed by atoms with van der Waals surface area (Å²) in [6, 6.07) is 5.58. The number of thiazole rings is 1. The van der Waals surface area contributed by atoms with Gasteiger partial charge in [0.05, 0.1) is 16.8 Å². The molecule has 1 atom stereocenters. The standard InChI is InChI=1S/C13H14ClNOS/c1-8-3-4-10(14)5-12(8)13(16)6-11-7-17-9(2)15-11/h3-5,7,13,16H,6H2,1-2H3. The molecule has 1 aromatic carbocycles. The van der Waals surface area contributed by atoms with Crippen LogP contribution >= 0.6 is 22.9 Å². The molecule has 0 saturated carbocycles. The van der Waals surface area contributed by atoms with Crippen molar-refractivity contribution in [2.45, 2.75) is 26.4 Å². The van der Waals surface area contributed by atoms with E-state index in [1.54, 1.807) is 11.3 Å². The highest BCUT2D eigenvalue weighted by molar-refractivity contribution is 7.09. The fourth-order valence-electron chi connectivity index (χ4n) is 1.78. The van der Waals surface area contributed by atoms with E-state index in [0.29, 0.717) is 11.4 Å². The van der Waals surface area contributed by atoms with Crippen LogP contribution in [-0.2, 0) is 6.42 Å². The molecule has 0 amide bonds. The topological polar surface area (TPSA) is 33.1 Å². The molecular weight excluding hydrogens is 254 g/mol. The molecule has 4 heteroatoms. The highest BCUT2D eigenvalue weighted by Gasteiger charge is 2.13. The smallest absolute Gasteiger partial charge is 0.0897 e. The Balaban J connectivity index is 2.19. The summed E-state index contributed by atoms with van der Waals surface area (Å²) in [4.78, 5) is 4.35. The van der Waals surface area contributed by atoms with Gasteiger partial charge in [0.15, 0.2) is 0 Å². The minimum absolute atomic E-state index is 0.533. The molecule has 2 aromatic rings. The number of benzene rings is 1. The summed E-state index contributed by atoms with van der Waals surface area (Å²) in [5, 5.41) is 13.9. The summed E-state index contributed by atoms with van der Waals surface area (Å²) in [5.74, 6) is 0. The Bertz CT molecular complexity index is 524. The molecule has 0 radical (unpaired) electrons. The van der Waals surface area contributed by atoms with Crippen molar-refractivity contribution in [3.05, 3.63) is 50.4 Å². The van der Waals surface area contributed by atoms with E-state index in [1.807, 2.05) is 37.4 Å². The van der Waals surface area contributed by atoms with Crippen LogP contribution in [0.1, 0.15) is 27.9 Å². The molecule has 0 aliphatic rings. The van der Waals surface area contributed by atoms with E-state index in [2.05, 4.69) is 4.98 Å². The van der Waals surface area contributed by atoms with Crippen molar-refractivity contribution in [2.75, 3.05) is 0 Å². The van der Waals surface area contributed by atoms with Crippen molar-refractivity contribution >= 4 is 22.9 Å². The third kappa shape index (κ3) is 3.06. The van der Waals surface area contributed by atoms with E-state index < -0.39 is 6.10 Å². The molecule has 1 aromatic heterocycles. The maximum atomic E-state index is 10.2. The van der Waals surface area contributed by atoms with E-state index in [-0.39, 0.29) is 0 Å². The van der Waals surface area contributed by atoms with Gasteiger partial charge in [-0.25, -0.2) is 4.98 Å². The number of aliphatic hydroxyl groups excluding tert-OH is 1. The maximum absolute atomic E-state index is 10.2. The minimum atomic E-state index is -0.546. The predicted octanol–water partition coefficient (Wildman–Crippen LogP) is 3.69. The normalized spacial score (nSPS) is 12.7. The molecule has 1 unspecified atom stereocenters. The molecule has 17 heavy (non-hydrogen) atoms. The second-order valence-electron chi connectivity index (χ2n) is 4.08. The number of halogens is 1. The van der Waals surface area contributed by atoms with Crippen molar-refractivity contribution in [2.24, 2.45) is 0 Å². The number of hydrogen-bond donors (Lipinski definition) is 1. The number of aliphatic hydroxyl groups is 1.